The zero-order valence-electron chi connectivity index (χ0n) is 16.3. The fraction of sp³-hybridized carbons (Fsp3) is 0.476. The van der Waals surface area contributed by atoms with E-state index in [1.54, 1.807) is 32.0 Å². The minimum absolute atomic E-state index is 0.000807. The highest BCUT2D eigenvalue weighted by Crippen LogP contribution is 2.46. The lowest BCUT2D eigenvalue weighted by Gasteiger charge is -2.38. The summed E-state index contributed by atoms with van der Waals surface area (Å²) < 4.78 is 48.5. The summed E-state index contributed by atoms with van der Waals surface area (Å²) in [6, 6.07) is 8.41. The average Bonchev–Trinajstić information content (AvgIpc) is 2.86. The number of rotatable bonds is 6. The third-order valence-electron chi connectivity index (χ3n) is 4.99. The number of unbranched alkanes of at least 4 members (excludes halogenated alkanes) is 1. The lowest BCUT2D eigenvalue weighted by Crippen LogP contribution is -2.51. The smallest absolute Gasteiger partial charge is 0.410 e. The first-order valence-corrected chi connectivity index (χ1v) is 9.44. The molecule has 1 amide bonds. The molecule has 1 heterocycles. The van der Waals surface area contributed by atoms with Crippen LogP contribution in [0.5, 0.6) is 5.75 Å². The van der Waals surface area contributed by atoms with Crippen molar-refractivity contribution in [1.29, 1.82) is 0 Å². The van der Waals surface area contributed by atoms with Crippen molar-refractivity contribution in [2.24, 2.45) is 0 Å². The normalized spacial score (nSPS) is 18.3. The third-order valence-corrected chi connectivity index (χ3v) is 4.99. The van der Waals surface area contributed by atoms with Gasteiger partial charge in [-0.25, -0.2) is 0 Å². The number of hydrogen-bond acceptors (Lipinski definition) is 3. The molecule has 1 fully saturated rings. The molecule has 0 bridgehead atoms. The van der Waals surface area contributed by atoms with Crippen LogP contribution in [0.4, 0.5) is 13.2 Å². The van der Waals surface area contributed by atoms with Crippen LogP contribution in [0, 0.1) is 0 Å². The number of amides is 1. The van der Waals surface area contributed by atoms with Gasteiger partial charge in [0.2, 0.25) is 5.91 Å². The van der Waals surface area contributed by atoms with Gasteiger partial charge in [-0.2, -0.15) is 18.2 Å². The molecule has 2 aromatic carbocycles. The number of nitrogens with one attached hydrogen (secondary N) is 1. The van der Waals surface area contributed by atoms with Crippen LogP contribution in [0.15, 0.2) is 36.4 Å². The number of fused-ring (bicyclic) bond motifs is 1. The molecule has 0 aliphatic carbocycles. The number of ether oxygens (including phenoxy) is 1. The van der Waals surface area contributed by atoms with Gasteiger partial charge in [0.1, 0.15) is 5.75 Å². The second-order valence-electron chi connectivity index (χ2n) is 7.78. The highest BCUT2D eigenvalue weighted by atomic mass is 19.4. The lowest BCUT2D eigenvalue weighted by molar-refractivity contribution is -0.204. The SMILES string of the molecule is CCCCOc1cc2ccccc2cc1C(N1NC(=O)CC1(C)C)C(F)(F)F. The number of benzene rings is 2. The van der Waals surface area contributed by atoms with Crippen LogP contribution in [0.25, 0.3) is 10.8 Å². The molecular formula is C21H25F3N2O2. The monoisotopic (exact) mass is 394 g/mol. The number of carbonyl (C=O) groups is 1. The number of carbonyl (C=O) groups excluding carboxylic acids is 1. The topological polar surface area (TPSA) is 41.6 Å². The van der Waals surface area contributed by atoms with Gasteiger partial charge in [0, 0.05) is 17.5 Å². The Bertz CT molecular complexity index is 864. The van der Waals surface area contributed by atoms with E-state index in [4.69, 9.17) is 4.74 Å². The van der Waals surface area contributed by atoms with Crippen LogP contribution in [0.3, 0.4) is 0 Å². The molecule has 7 heteroatoms. The number of alkyl halides is 3. The van der Waals surface area contributed by atoms with E-state index in [1.807, 2.05) is 19.1 Å². The molecule has 1 N–H and O–H groups in total. The molecule has 4 nitrogen and oxygen atoms in total. The van der Waals surface area contributed by atoms with Crippen molar-refractivity contribution in [2.75, 3.05) is 6.61 Å². The van der Waals surface area contributed by atoms with Gasteiger partial charge in [-0.3, -0.25) is 10.2 Å². The lowest BCUT2D eigenvalue weighted by atomic mass is 9.95. The van der Waals surface area contributed by atoms with Crippen LogP contribution in [0.1, 0.15) is 51.6 Å². The first-order valence-electron chi connectivity index (χ1n) is 9.44. The number of halogens is 3. The quantitative estimate of drug-likeness (QED) is 0.690. The van der Waals surface area contributed by atoms with Gasteiger partial charge in [0.05, 0.1) is 6.61 Å². The standard InChI is InChI=1S/C21H25F3N2O2/c1-4-5-10-28-17-12-15-9-7-6-8-14(15)11-16(17)19(21(22,23)24)26-20(2,3)13-18(27)25-26/h6-9,11-12,19H,4-5,10,13H2,1-3H3,(H,25,27). The Morgan fingerprint density at radius 1 is 1.21 bits per heavy atom. The summed E-state index contributed by atoms with van der Waals surface area (Å²) >= 11 is 0. The molecule has 0 radical (unpaired) electrons. The highest BCUT2D eigenvalue weighted by molar-refractivity contribution is 5.85. The van der Waals surface area contributed by atoms with Crippen molar-refractivity contribution in [3.63, 3.8) is 0 Å². The van der Waals surface area contributed by atoms with Gasteiger partial charge in [-0.05, 0) is 43.2 Å². The van der Waals surface area contributed by atoms with Gasteiger partial charge in [-0.1, -0.05) is 37.6 Å². The van der Waals surface area contributed by atoms with Crippen LogP contribution < -0.4 is 10.2 Å². The van der Waals surface area contributed by atoms with Crippen molar-refractivity contribution in [3.8, 4) is 5.75 Å². The maximum atomic E-state index is 14.2. The summed E-state index contributed by atoms with van der Waals surface area (Å²) in [6.45, 7) is 5.58. The summed E-state index contributed by atoms with van der Waals surface area (Å²) in [4.78, 5) is 11.9. The van der Waals surface area contributed by atoms with Crippen molar-refractivity contribution < 1.29 is 22.7 Å². The van der Waals surface area contributed by atoms with Gasteiger partial charge in [-0.15, -0.1) is 0 Å². The number of nitrogens with zero attached hydrogens (tertiary/aromatic N) is 1. The first-order chi connectivity index (χ1) is 13.1. The summed E-state index contributed by atoms with van der Waals surface area (Å²) in [7, 11) is 0. The molecule has 152 valence electrons. The van der Waals surface area contributed by atoms with Gasteiger partial charge in [0.25, 0.3) is 0 Å². The summed E-state index contributed by atoms with van der Waals surface area (Å²) in [5.74, 6) is -0.222. The van der Waals surface area contributed by atoms with E-state index in [0.717, 1.165) is 23.2 Å². The van der Waals surface area contributed by atoms with Crippen LogP contribution in [-0.4, -0.2) is 29.2 Å². The van der Waals surface area contributed by atoms with Crippen molar-refractivity contribution in [1.82, 2.24) is 10.4 Å². The first kappa shape index (κ1) is 20.5. The summed E-state index contributed by atoms with van der Waals surface area (Å²) in [6.07, 6.45) is -2.98. The minimum atomic E-state index is -4.60. The molecule has 28 heavy (non-hydrogen) atoms. The van der Waals surface area contributed by atoms with E-state index in [1.165, 1.54) is 6.07 Å². The molecule has 1 unspecified atom stereocenters. The molecule has 1 saturated heterocycles. The van der Waals surface area contributed by atoms with E-state index >= 15 is 0 Å². The van der Waals surface area contributed by atoms with E-state index in [-0.39, 0.29) is 17.7 Å². The Morgan fingerprint density at radius 2 is 1.86 bits per heavy atom. The largest absolute Gasteiger partial charge is 0.493 e. The molecule has 0 spiro atoms. The number of hydrazine groups is 1. The van der Waals surface area contributed by atoms with E-state index in [2.05, 4.69) is 5.43 Å². The fourth-order valence-corrected chi connectivity index (χ4v) is 3.58. The second kappa shape index (κ2) is 7.62. The predicted octanol–water partition coefficient (Wildman–Crippen LogP) is 5.14. The zero-order chi connectivity index (χ0) is 20.5. The Hall–Kier alpha value is -2.28. The van der Waals surface area contributed by atoms with Crippen LogP contribution in [-0.2, 0) is 4.79 Å². The van der Waals surface area contributed by atoms with Crippen molar-refractivity contribution in [2.45, 2.75) is 57.8 Å². The van der Waals surface area contributed by atoms with E-state index in [0.29, 0.717) is 12.0 Å². The van der Waals surface area contributed by atoms with E-state index in [9.17, 15) is 18.0 Å². The van der Waals surface area contributed by atoms with Gasteiger partial charge in [0.15, 0.2) is 6.04 Å². The van der Waals surface area contributed by atoms with E-state index < -0.39 is 23.7 Å². The van der Waals surface area contributed by atoms with Crippen molar-refractivity contribution in [3.05, 3.63) is 42.0 Å². The van der Waals surface area contributed by atoms with Crippen LogP contribution >= 0.6 is 0 Å². The van der Waals surface area contributed by atoms with Gasteiger partial charge >= 0.3 is 6.18 Å². The Balaban J connectivity index is 2.15. The number of hydrogen-bond donors (Lipinski definition) is 1. The molecular weight excluding hydrogens is 369 g/mol. The maximum absolute atomic E-state index is 14.2. The molecule has 0 aromatic heterocycles. The average molecular weight is 394 g/mol. The fourth-order valence-electron chi connectivity index (χ4n) is 3.58. The highest BCUT2D eigenvalue weighted by Gasteiger charge is 2.53. The molecule has 3 rings (SSSR count). The maximum Gasteiger partial charge on any atom is 0.410 e. The van der Waals surface area contributed by atoms with Crippen molar-refractivity contribution >= 4 is 16.7 Å². The molecule has 1 aliphatic heterocycles. The molecule has 0 saturated carbocycles. The summed E-state index contributed by atoms with van der Waals surface area (Å²) in [5.41, 5.74) is 1.44. The minimum Gasteiger partial charge on any atom is -0.493 e. The zero-order valence-corrected chi connectivity index (χ0v) is 16.3. The Morgan fingerprint density at radius 3 is 2.39 bits per heavy atom. The summed E-state index contributed by atoms with van der Waals surface area (Å²) in [5, 5.41) is 2.52. The molecule has 1 aliphatic rings. The predicted molar refractivity (Wildman–Crippen MR) is 102 cm³/mol. The Kier molecular flexibility index (Phi) is 5.57. The molecule has 1 atom stereocenters. The van der Waals surface area contributed by atoms with Crippen LogP contribution in [0.2, 0.25) is 0 Å². The third kappa shape index (κ3) is 4.09. The second-order valence-corrected chi connectivity index (χ2v) is 7.78. The van der Waals surface area contributed by atoms with Gasteiger partial charge < -0.3 is 4.74 Å². The molecule has 2 aromatic rings. The Labute approximate surface area is 162 Å².